The van der Waals surface area contributed by atoms with Gasteiger partial charge in [-0.05, 0) is 47.6 Å². The summed E-state index contributed by atoms with van der Waals surface area (Å²) in [4.78, 5) is 15.2. The Bertz CT molecular complexity index is 1140. The molecule has 0 unspecified atom stereocenters. The van der Waals surface area contributed by atoms with Gasteiger partial charge in [-0.3, -0.25) is 0 Å². The Kier molecular flexibility index (Phi) is 7.37. The number of aromatic nitrogens is 3. The van der Waals surface area contributed by atoms with E-state index in [1.165, 1.54) is 4.68 Å². The van der Waals surface area contributed by atoms with Crippen LogP contribution in [0.3, 0.4) is 0 Å². The first-order valence-corrected chi connectivity index (χ1v) is 10.5. The number of hydrogen-bond acceptors (Lipinski definition) is 3. The summed E-state index contributed by atoms with van der Waals surface area (Å²) in [5.41, 5.74) is 3.04. The van der Waals surface area contributed by atoms with Gasteiger partial charge in [0.2, 0.25) is 11.6 Å². The maximum atomic E-state index is 14.3. The molecule has 2 aromatic carbocycles. The SMILES string of the molecule is CCC#Cc1nc(C(F)(F)CCC)nn1Cc1ccc(Cc2cccc(C(=O)O)c2)cc1. The molecule has 0 saturated carbocycles. The fourth-order valence-electron chi connectivity index (χ4n) is 3.28. The van der Waals surface area contributed by atoms with Crippen molar-refractivity contribution < 1.29 is 18.7 Å². The summed E-state index contributed by atoms with van der Waals surface area (Å²) in [6, 6.07) is 14.5. The first-order valence-electron chi connectivity index (χ1n) is 10.5. The molecule has 0 aliphatic heterocycles. The Labute approximate surface area is 186 Å². The average Bonchev–Trinajstić information content (AvgIpc) is 3.17. The first-order chi connectivity index (χ1) is 15.3. The second-order valence-corrected chi connectivity index (χ2v) is 7.53. The highest BCUT2D eigenvalue weighted by molar-refractivity contribution is 5.87. The van der Waals surface area contributed by atoms with E-state index in [2.05, 4.69) is 21.9 Å². The van der Waals surface area contributed by atoms with E-state index < -0.39 is 17.7 Å². The smallest absolute Gasteiger partial charge is 0.335 e. The lowest BCUT2D eigenvalue weighted by Gasteiger charge is -2.10. The third kappa shape index (κ3) is 5.79. The maximum Gasteiger partial charge on any atom is 0.335 e. The van der Waals surface area contributed by atoms with Crippen LogP contribution in [0.25, 0.3) is 0 Å². The number of benzene rings is 2. The Hall–Kier alpha value is -3.53. The van der Waals surface area contributed by atoms with Crippen molar-refractivity contribution in [3.05, 3.63) is 82.4 Å². The quantitative estimate of drug-likeness (QED) is 0.488. The van der Waals surface area contributed by atoms with Crippen molar-refractivity contribution in [1.29, 1.82) is 0 Å². The Morgan fingerprint density at radius 1 is 1.09 bits per heavy atom. The molecule has 32 heavy (non-hydrogen) atoms. The zero-order chi connectivity index (χ0) is 23.1. The molecule has 0 spiro atoms. The number of hydrogen-bond donors (Lipinski definition) is 1. The predicted octanol–water partition coefficient (Wildman–Crippen LogP) is 5.27. The molecule has 0 amide bonds. The topological polar surface area (TPSA) is 68.0 Å². The number of halogens is 2. The molecule has 0 saturated heterocycles. The van der Waals surface area contributed by atoms with Crippen LogP contribution in [0.2, 0.25) is 0 Å². The normalized spacial score (nSPS) is 11.1. The van der Waals surface area contributed by atoms with Crippen LogP contribution in [0.4, 0.5) is 8.78 Å². The van der Waals surface area contributed by atoms with Gasteiger partial charge in [-0.15, -0.1) is 5.10 Å². The third-order valence-electron chi connectivity index (χ3n) is 4.88. The van der Waals surface area contributed by atoms with Crippen LogP contribution in [-0.4, -0.2) is 25.8 Å². The maximum absolute atomic E-state index is 14.3. The highest BCUT2D eigenvalue weighted by Crippen LogP contribution is 2.30. The lowest BCUT2D eigenvalue weighted by Crippen LogP contribution is -2.15. The highest BCUT2D eigenvalue weighted by atomic mass is 19.3. The van der Waals surface area contributed by atoms with Crippen LogP contribution in [0.15, 0.2) is 48.5 Å². The number of carboxylic acid groups (broad SMARTS) is 1. The summed E-state index contributed by atoms with van der Waals surface area (Å²) in [5, 5.41) is 13.2. The van der Waals surface area contributed by atoms with Crippen LogP contribution < -0.4 is 0 Å². The molecule has 3 aromatic rings. The number of rotatable bonds is 8. The Morgan fingerprint density at radius 2 is 1.81 bits per heavy atom. The molecule has 3 rings (SSSR count). The van der Waals surface area contributed by atoms with Crippen LogP contribution in [0.1, 0.15) is 71.8 Å². The van der Waals surface area contributed by atoms with Crippen molar-refractivity contribution in [2.75, 3.05) is 0 Å². The molecular formula is C25H25F2N3O2. The Balaban J connectivity index is 1.79. The van der Waals surface area contributed by atoms with E-state index >= 15 is 0 Å². The van der Waals surface area contributed by atoms with Gasteiger partial charge in [-0.25, -0.2) is 9.48 Å². The highest BCUT2D eigenvalue weighted by Gasteiger charge is 2.36. The molecule has 1 N–H and O–H groups in total. The van der Waals surface area contributed by atoms with Crippen molar-refractivity contribution in [1.82, 2.24) is 14.8 Å². The molecule has 0 radical (unpaired) electrons. The van der Waals surface area contributed by atoms with Gasteiger partial charge in [0.1, 0.15) is 0 Å². The molecule has 0 bridgehead atoms. The van der Waals surface area contributed by atoms with E-state index in [9.17, 15) is 13.6 Å². The van der Waals surface area contributed by atoms with Gasteiger partial charge >= 0.3 is 11.9 Å². The van der Waals surface area contributed by atoms with Crippen molar-refractivity contribution in [3.8, 4) is 11.8 Å². The predicted molar refractivity (Wildman–Crippen MR) is 118 cm³/mol. The van der Waals surface area contributed by atoms with Gasteiger partial charge in [-0.2, -0.15) is 13.8 Å². The van der Waals surface area contributed by atoms with E-state index in [0.717, 1.165) is 16.7 Å². The number of carbonyl (C=O) groups is 1. The van der Waals surface area contributed by atoms with Crippen molar-refractivity contribution in [2.24, 2.45) is 0 Å². The molecule has 0 atom stereocenters. The lowest BCUT2D eigenvalue weighted by molar-refractivity contribution is -0.0232. The third-order valence-corrected chi connectivity index (χ3v) is 4.88. The van der Waals surface area contributed by atoms with Crippen LogP contribution in [0, 0.1) is 11.8 Å². The minimum atomic E-state index is -3.09. The summed E-state index contributed by atoms with van der Waals surface area (Å²) < 4.78 is 30.1. The number of aromatic carboxylic acids is 1. The van der Waals surface area contributed by atoms with Gasteiger partial charge in [0.05, 0.1) is 12.1 Å². The lowest BCUT2D eigenvalue weighted by atomic mass is 10.0. The molecule has 0 aliphatic carbocycles. The fourth-order valence-corrected chi connectivity index (χ4v) is 3.28. The number of nitrogens with zero attached hydrogens (tertiary/aromatic N) is 3. The van der Waals surface area contributed by atoms with Crippen LogP contribution >= 0.6 is 0 Å². The monoisotopic (exact) mass is 437 g/mol. The molecule has 5 nitrogen and oxygen atoms in total. The number of alkyl halides is 2. The summed E-state index contributed by atoms with van der Waals surface area (Å²) in [6.07, 6.45) is 1.19. The second-order valence-electron chi connectivity index (χ2n) is 7.53. The van der Waals surface area contributed by atoms with Crippen LogP contribution in [-0.2, 0) is 18.9 Å². The summed E-state index contributed by atoms with van der Waals surface area (Å²) >= 11 is 0. The average molecular weight is 437 g/mol. The summed E-state index contributed by atoms with van der Waals surface area (Å²) in [6.45, 7) is 3.85. The zero-order valence-corrected chi connectivity index (χ0v) is 18.1. The van der Waals surface area contributed by atoms with Gasteiger partial charge in [-0.1, -0.05) is 56.2 Å². The standard InChI is InChI=1S/C25H25F2N3O2/c1-3-5-9-22-28-24(25(26,27)14-4-2)29-30(22)17-19-12-10-18(11-13-19)15-20-7-6-8-21(16-20)23(31)32/h6-8,10-13,16H,3-4,14-15,17H2,1-2H3,(H,31,32). The molecule has 0 aliphatic rings. The van der Waals surface area contributed by atoms with Gasteiger partial charge in [0, 0.05) is 12.8 Å². The van der Waals surface area contributed by atoms with Gasteiger partial charge < -0.3 is 5.11 Å². The molecule has 7 heteroatoms. The largest absolute Gasteiger partial charge is 0.478 e. The number of carboxylic acids is 1. The van der Waals surface area contributed by atoms with E-state index in [0.29, 0.717) is 19.3 Å². The summed E-state index contributed by atoms with van der Waals surface area (Å²) in [5.74, 6) is 1.40. The summed E-state index contributed by atoms with van der Waals surface area (Å²) in [7, 11) is 0. The Morgan fingerprint density at radius 3 is 2.47 bits per heavy atom. The van der Waals surface area contributed by atoms with E-state index in [1.54, 1.807) is 25.1 Å². The van der Waals surface area contributed by atoms with Gasteiger partial charge in [0.25, 0.3) is 0 Å². The van der Waals surface area contributed by atoms with E-state index in [1.807, 2.05) is 37.3 Å². The minimum Gasteiger partial charge on any atom is -0.478 e. The minimum absolute atomic E-state index is 0.229. The van der Waals surface area contributed by atoms with Crippen LogP contribution in [0.5, 0.6) is 0 Å². The molecule has 1 heterocycles. The first kappa shape index (κ1) is 23.1. The van der Waals surface area contributed by atoms with Crippen molar-refractivity contribution in [3.63, 3.8) is 0 Å². The zero-order valence-electron chi connectivity index (χ0n) is 18.1. The van der Waals surface area contributed by atoms with E-state index in [4.69, 9.17) is 5.11 Å². The molecule has 0 fully saturated rings. The molecular weight excluding hydrogens is 412 g/mol. The molecule has 1 aromatic heterocycles. The molecule has 166 valence electrons. The second kappa shape index (κ2) is 10.2. The van der Waals surface area contributed by atoms with E-state index in [-0.39, 0.29) is 24.4 Å². The van der Waals surface area contributed by atoms with Crippen molar-refractivity contribution >= 4 is 5.97 Å². The van der Waals surface area contributed by atoms with Gasteiger partial charge in [0.15, 0.2) is 0 Å². The fraction of sp³-hybridized carbons (Fsp3) is 0.320. The van der Waals surface area contributed by atoms with Crippen molar-refractivity contribution in [2.45, 2.75) is 52.0 Å².